The van der Waals surface area contributed by atoms with Crippen molar-refractivity contribution in [3.8, 4) is 0 Å². The number of carbonyl (C=O) groups is 1. The predicted octanol–water partition coefficient (Wildman–Crippen LogP) is 5.00. The highest BCUT2D eigenvalue weighted by molar-refractivity contribution is 5.76. The number of amides is 1. The number of hydrogen-bond donors (Lipinski definition) is 0. The molecule has 2 aromatic heterocycles. The number of aromatic nitrogens is 3. The van der Waals surface area contributed by atoms with Crippen LogP contribution in [0, 0.1) is 25.2 Å². The van der Waals surface area contributed by atoms with Crippen molar-refractivity contribution in [1.29, 1.82) is 0 Å². The van der Waals surface area contributed by atoms with Gasteiger partial charge in [0.1, 0.15) is 5.76 Å². The Hall–Kier alpha value is -2.11. The fourth-order valence-electron chi connectivity index (χ4n) is 5.44. The van der Waals surface area contributed by atoms with Gasteiger partial charge in [0, 0.05) is 36.7 Å². The summed E-state index contributed by atoms with van der Waals surface area (Å²) in [7, 11) is 0. The summed E-state index contributed by atoms with van der Waals surface area (Å²) in [4.78, 5) is 15.0. The minimum absolute atomic E-state index is 0.0783. The van der Waals surface area contributed by atoms with E-state index in [0.717, 1.165) is 55.9 Å². The first-order valence-electron chi connectivity index (χ1n) is 11.9. The average Bonchev–Trinajstić information content (AvgIpc) is 3.29. The lowest BCUT2D eigenvalue weighted by Gasteiger charge is -2.35. The van der Waals surface area contributed by atoms with Gasteiger partial charge in [-0.3, -0.25) is 9.48 Å². The molecule has 3 heterocycles. The van der Waals surface area contributed by atoms with E-state index < -0.39 is 0 Å². The van der Waals surface area contributed by atoms with Gasteiger partial charge in [-0.25, -0.2) is 0 Å². The third-order valence-electron chi connectivity index (χ3n) is 7.46. The van der Waals surface area contributed by atoms with Crippen molar-refractivity contribution in [2.75, 3.05) is 13.1 Å². The fraction of sp³-hybridized carbons (Fsp3) is 0.720. The maximum absolute atomic E-state index is 12.9. The zero-order chi connectivity index (χ0) is 22.3. The van der Waals surface area contributed by atoms with E-state index in [4.69, 9.17) is 4.52 Å². The van der Waals surface area contributed by atoms with Gasteiger partial charge < -0.3 is 9.42 Å². The first kappa shape index (κ1) is 22.1. The van der Waals surface area contributed by atoms with Gasteiger partial charge in [0.2, 0.25) is 5.91 Å². The molecule has 2 aromatic rings. The molecule has 170 valence electrons. The summed E-state index contributed by atoms with van der Waals surface area (Å²) in [5, 5.41) is 8.97. The monoisotopic (exact) mass is 426 g/mol. The number of nitrogens with zero attached hydrogens (tertiary/aromatic N) is 4. The Kier molecular flexibility index (Phi) is 6.01. The van der Waals surface area contributed by atoms with E-state index in [1.165, 1.54) is 17.7 Å². The molecule has 1 fully saturated rings. The third kappa shape index (κ3) is 4.58. The molecule has 31 heavy (non-hydrogen) atoms. The SMILES string of the molecule is Cc1cc(C)n([C@@H](C)CC(=O)N2CCC(c3onc4c3C[C@@H](C(C)(C)C)CC4)CC2)n1. The van der Waals surface area contributed by atoms with Crippen molar-refractivity contribution in [2.45, 2.75) is 92.0 Å². The summed E-state index contributed by atoms with van der Waals surface area (Å²) >= 11 is 0. The first-order chi connectivity index (χ1) is 14.6. The van der Waals surface area contributed by atoms with Crippen LogP contribution in [-0.4, -0.2) is 38.8 Å². The molecular formula is C25H38N4O2. The van der Waals surface area contributed by atoms with Crippen molar-refractivity contribution < 1.29 is 9.32 Å². The highest BCUT2D eigenvalue weighted by Crippen LogP contribution is 2.41. The lowest BCUT2D eigenvalue weighted by Crippen LogP contribution is -2.39. The Morgan fingerprint density at radius 1 is 1.23 bits per heavy atom. The third-order valence-corrected chi connectivity index (χ3v) is 7.46. The Morgan fingerprint density at radius 3 is 2.55 bits per heavy atom. The van der Waals surface area contributed by atoms with Crippen LogP contribution in [0.1, 0.15) is 93.7 Å². The summed E-state index contributed by atoms with van der Waals surface area (Å²) in [6, 6.07) is 2.14. The fourth-order valence-corrected chi connectivity index (χ4v) is 5.44. The molecule has 6 nitrogen and oxygen atoms in total. The van der Waals surface area contributed by atoms with Crippen LogP contribution >= 0.6 is 0 Å². The summed E-state index contributed by atoms with van der Waals surface area (Å²) in [6.07, 6.45) is 5.73. The van der Waals surface area contributed by atoms with Crippen LogP contribution < -0.4 is 0 Å². The summed E-state index contributed by atoms with van der Waals surface area (Å²) in [5.41, 5.74) is 4.97. The van der Waals surface area contributed by atoms with E-state index >= 15 is 0 Å². The molecule has 4 rings (SSSR count). The zero-order valence-corrected chi connectivity index (χ0v) is 20.1. The number of aryl methyl sites for hydroxylation is 3. The Balaban J connectivity index is 1.36. The second kappa shape index (κ2) is 8.44. The molecule has 0 unspecified atom stereocenters. The lowest BCUT2D eigenvalue weighted by atomic mass is 9.71. The van der Waals surface area contributed by atoms with Crippen LogP contribution in [0.25, 0.3) is 0 Å². The molecule has 1 amide bonds. The molecule has 1 aliphatic carbocycles. The minimum atomic E-state index is 0.0783. The van der Waals surface area contributed by atoms with Crippen LogP contribution in [0.2, 0.25) is 0 Å². The van der Waals surface area contributed by atoms with Gasteiger partial charge in [-0.1, -0.05) is 25.9 Å². The van der Waals surface area contributed by atoms with Crippen LogP contribution in [0.3, 0.4) is 0 Å². The molecule has 0 aromatic carbocycles. The van der Waals surface area contributed by atoms with Crippen molar-refractivity contribution in [3.63, 3.8) is 0 Å². The van der Waals surface area contributed by atoms with E-state index in [1.807, 2.05) is 16.5 Å². The average molecular weight is 427 g/mol. The normalized spacial score (nSPS) is 21.2. The highest BCUT2D eigenvalue weighted by Gasteiger charge is 2.35. The molecular weight excluding hydrogens is 388 g/mol. The van der Waals surface area contributed by atoms with E-state index in [-0.39, 0.29) is 11.9 Å². The number of rotatable bonds is 4. The number of fused-ring (bicyclic) bond motifs is 1. The van der Waals surface area contributed by atoms with E-state index in [1.54, 1.807) is 0 Å². The van der Waals surface area contributed by atoms with E-state index in [9.17, 15) is 4.79 Å². The molecule has 1 aliphatic heterocycles. The summed E-state index contributed by atoms with van der Waals surface area (Å²) in [6.45, 7) is 14.7. The number of carbonyl (C=O) groups excluding carboxylic acids is 1. The molecule has 0 N–H and O–H groups in total. The van der Waals surface area contributed by atoms with Crippen molar-refractivity contribution in [1.82, 2.24) is 19.8 Å². The summed E-state index contributed by atoms with van der Waals surface area (Å²) < 4.78 is 7.87. The quantitative estimate of drug-likeness (QED) is 0.690. The van der Waals surface area contributed by atoms with Crippen LogP contribution in [0.5, 0.6) is 0 Å². The Bertz CT molecular complexity index is 928. The molecule has 2 aliphatic rings. The lowest BCUT2D eigenvalue weighted by molar-refractivity contribution is -0.133. The van der Waals surface area contributed by atoms with Crippen LogP contribution in [0.4, 0.5) is 0 Å². The summed E-state index contributed by atoms with van der Waals surface area (Å²) in [5.74, 6) is 2.39. The maximum Gasteiger partial charge on any atom is 0.224 e. The molecule has 0 saturated carbocycles. The Labute approximate surface area is 186 Å². The van der Waals surface area contributed by atoms with Gasteiger partial charge in [0.25, 0.3) is 0 Å². The van der Waals surface area contributed by atoms with Crippen LogP contribution in [0.15, 0.2) is 10.6 Å². The minimum Gasteiger partial charge on any atom is -0.361 e. The molecule has 6 heteroatoms. The van der Waals surface area contributed by atoms with Crippen LogP contribution in [-0.2, 0) is 17.6 Å². The van der Waals surface area contributed by atoms with Gasteiger partial charge in [-0.15, -0.1) is 0 Å². The van der Waals surface area contributed by atoms with Gasteiger partial charge >= 0.3 is 0 Å². The van der Waals surface area contributed by atoms with Gasteiger partial charge in [0.05, 0.1) is 17.4 Å². The number of likely N-dealkylation sites (tertiary alicyclic amines) is 1. The van der Waals surface area contributed by atoms with Gasteiger partial charge in [0.15, 0.2) is 0 Å². The first-order valence-corrected chi connectivity index (χ1v) is 11.9. The van der Waals surface area contributed by atoms with Crippen molar-refractivity contribution in [2.24, 2.45) is 11.3 Å². The van der Waals surface area contributed by atoms with Gasteiger partial charge in [-0.2, -0.15) is 5.10 Å². The van der Waals surface area contributed by atoms with E-state index in [0.29, 0.717) is 23.7 Å². The standard InChI is InChI=1S/C25H38N4O2/c1-16-13-17(2)29(26-16)18(3)14-23(30)28-11-9-19(10-12-28)24-21-15-20(25(4,5)6)7-8-22(21)27-31-24/h13,18-20H,7-12,14-15H2,1-6H3/t18-,20-/m0/s1. The number of piperidine rings is 1. The smallest absolute Gasteiger partial charge is 0.224 e. The van der Waals surface area contributed by atoms with Gasteiger partial charge in [-0.05, 0) is 70.3 Å². The molecule has 0 radical (unpaired) electrons. The molecule has 2 atom stereocenters. The van der Waals surface area contributed by atoms with Crippen molar-refractivity contribution >= 4 is 5.91 Å². The molecule has 0 spiro atoms. The second-order valence-corrected chi connectivity index (χ2v) is 10.9. The topological polar surface area (TPSA) is 64.2 Å². The largest absolute Gasteiger partial charge is 0.361 e. The Morgan fingerprint density at radius 2 is 1.94 bits per heavy atom. The maximum atomic E-state index is 12.9. The van der Waals surface area contributed by atoms with E-state index in [2.05, 4.69) is 50.9 Å². The van der Waals surface area contributed by atoms with Crippen molar-refractivity contribution in [3.05, 3.63) is 34.5 Å². The zero-order valence-electron chi connectivity index (χ0n) is 20.1. The molecule has 1 saturated heterocycles. The predicted molar refractivity (Wildman–Crippen MR) is 121 cm³/mol. The highest BCUT2D eigenvalue weighted by atomic mass is 16.5. The second-order valence-electron chi connectivity index (χ2n) is 10.9. The number of hydrogen-bond acceptors (Lipinski definition) is 4. The molecule has 0 bridgehead atoms.